The van der Waals surface area contributed by atoms with Crippen molar-refractivity contribution < 1.29 is 4.79 Å². The van der Waals surface area contributed by atoms with Gasteiger partial charge in [0.2, 0.25) is 5.91 Å². The van der Waals surface area contributed by atoms with E-state index >= 15 is 0 Å². The zero-order valence-corrected chi connectivity index (χ0v) is 10.9. The van der Waals surface area contributed by atoms with Crippen LogP contribution in [-0.2, 0) is 11.3 Å². The quantitative estimate of drug-likeness (QED) is 0.850. The van der Waals surface area contributed by atoms with Crippen molar-refractivity contribution in [2.75, 3.05) is 7.05 Å². The fourth-order valence-electron chi connectivity index (χ4n) is 1.51. The molecule has 1 amide bonds. The molecule has 0 saturated heterocycles. The highest BCUT2D eigenvalue weighted by Gasteiger charge is 2.17. The van der Waals surface area contributed by atoms with Crippen LogP contribution < -0.4 is 5.73 Å². The topological polar surface area (TPSA) is 59.2 Å². The van der Waals surface area contributed by atoms with Crippen molar-refractivity contribution in [3.05, 3.63) is 16.1 Å². The molecule has 0 saturated carbocycles. The minimum Gasteiger partial charge on any atom is -0.339 e. The smallest absolute Gasteiger partial charge is 0.239 e. The molecule has 0 unspecified atom stereocenters. The number of carbonyl (C=O) groups is 1. The van der Waals surface area contributed by atoms with Gasteiger partial charge in [0.1, 0.15) is 0 Å². The van der Waals surface area contributed by atoms with Crippen LogP contribution in [0.4, 0.5) is 0 Å². The fraction of sp³-hybridized carbons (Fsp3) is 0.636. The Balaban J connectivity index is 2.51. The number of rotatable bonds is 5. The van der Waals surface area contributed by atoms with E-state index in [2.05, 4.69) is 4.98 Å². The Labute approximate surface area is 100 Å². The summed E-state index contributed by atoms with van der Waals surface area (Å²) in [6.45, 7) is 4.58. The van der Waals surface area contributed by atoms with Crippen molar-refractivity contribution in [1.29, 1.82) is 0 Å². The number of hydrogen-bond donors (Lipinski definition) is 1. The zero-order valence-electron chi connectivity index (χ0n) is 10.1. The second kappa shape index (κ2) is 5.96. The van der Waals surface area contributed by atoms with Crippen LogP contribution in [0.2, 0.25) is 0 Å². The predicted octanol–water partition coefficient (Wildman–Crippen LogP) is 1.54. The van der Waals surface area contributed by atoms with Gasteiger partial charge >= 0.3 is 0 Å². The molecule has 1 heterocycles. The monoisotopic (exact) mass is 241 g/mol. The van der Waals surface area contributed by atoms with Crippen molar-refractivity contribution in [2.45, 2.75) is 39.3 Å². The van der Waals surface area contributed by atoms with Gasteiger partial charge in [-0.3, -0.25) is 4.79 Å². The van der Waals surface area contributed by atoms with Crippen LogP contribution in [0.5, 0.6) is 0 Å². The average Bonchev–Trinajstić information content (AvgIpc) is 2.63. The van der Waals surface area contributed by atoms with Crippen LogP contribution in [0.3, 0.4) is 0 Å². The second-order valence-corrected chi connectivity index (χ2v) is 5.25. The Morgan fingerprint density at radius 3 is 2.88 bits per heavy atom. The number of aryl methyl sites for hydroxylation is 1. The largest absolute Gasteiger partial charge is 0.339 e. The number of amides is 1. The number of carbonyl (C=O) groups excluding carboxylic acids is 1. The summed E-state index contributed by atoms with van der Waals surface area (Å²) in [5, 5.41) is 1.02. The molecule has 0 aliphatic rings. The van der Waals surface area contributed by atoms with E-state index in [0.29, 0.717) is 6.54 Å². The molecule has 0 radical (unpaired) electrons. The van der Waals surface area contributed by atoms with E-state index in [0.717, 1.165) is 22.7 Å². The summed E-state index contributed by atoms with van der Waals surface area (Å²) in [7, 11) is 1.78. The summed E-state index contributed by atoms with van der Waals surface area (Å²) in [6, 6.07) is -0.371. The standard InChI is InChI=1S/C11H19N3OS/c1-4-5-10(12)11(15)14(3)7-9-6-13-8(2)16-9/h6,10H,4-5,7,12H2,1-3H3/t10-/m1/s1. The lowest BCUT2D eigenvalue weighted by Gasteiger charge is -2.20. The van der Waals surface area contributed by atoms with Crippen molar-refractivity contribution in [1.82, 2.24) is 9.88 Å². The molecule has 0 fully saturated rings. The lowest BCUT2D eigenvalue weighted by Crippen LogP contribution is -2.41. The summed E-state index contributed by atoms with van der Waals surface area (Å²) in [6.07, 6.45) is 3.49. The highest BCUT2D eigenvalue weighted by Crippen LogP contribution is 2.14. The molecular formula is C11H19N3OS. The molecule has 0 aliphatic carbocycles. The predicted molar refractivity (Wildman–Crippen MR) is 66.2 cm³/mol. The Morgan fingerprint density at radius 1 is 1.69 bits per heavy atom. The second-order valence-electron chi connectivity index (χ2n) is 3.94. The molecule has 1 aromatic heterocycles. The molecule has 90 valence electrons. The molecule has 0 bridgehead atoms. The SMILES string of the molecule is CCC[C@@H](N)C(=O)N(C)Cc1cnc(C)s1. The van der Waals surface area contributed by atoms with Crippen LogP contribution in [0, 0.1) is 6.92 Å². The molecule has 0 aromatic carbocycles. The lowest BCUT2D eigenvalue weighted by atomic mass is 10.1. The minimum atomic E-state index is -0.371. The number of aromatic nitrogens is 1. The van der Waals surface area contributed by atoms with Crippen molar-refractivity contribution in [3.63, 3.8) is 0 Å². The van der Waals surface area contributed by atoms with E-state index in [9.17, 15) is 4.79 Å². The molecule has 1 rings (SSSR count). The van der Waals surface area contributed by atoms with Gasteiger partial charge in [0, 0.05) is 18.1 Å². The average molecular weight is 241 g/mol. The Morgan fingerprint density at radius 2 is 2.38 bits per heavy atom. The third-order valence-corrected chi connectivity index (χ3v) is 3.25. The van der Waals surface area contributed by atoms with Crippen molar-refractivity contribution in [3.8, 4) is 0 Å². The van der Waals surface area contributed by atoms with Crippen LogP contribution in [0.1, 0.15) is 29.7 Å². The number of nitrogens with zero attached hydrogens (tertiary/aromatic N) is 2. The molecule has 4 nitrogen and oxygen atoms in total. The van der Waals surface area contributed by atoms with Crippen LogP contribution in [0.25, 0.3) is 0 Å². The van der Waals surface area contributed by atoms with Crippen molar-refractivity contribution in [2.24, 2.45) is 5.73 Å². The van der Waals surface area contributed by atoms with Gasteiger partial charge in [0.05, 0.1) is 17.6 Å². The Hall–Kier alpha value is -0.940. The number of nitrogens with two attached hydrogens (primary N) is 1. The molecular weight excluding hydrogens is 222 g/mol. The Bertz CT molecular complexity index is 351. The maximum atomic E-state index is 11.8. The summed E-state index contributed by atoms with van der Waals surface area (Å²) in [5.41, 5.74) is 5.78. The van der Waals surface area contributed by atoms with Crippen LogP contribution in [-0.4, -0.2) is 28.9 Å². The maximum Gasteiger partial charge on any atom is 0.239 e. The van der Waals surface area contributed by atoms with Gasteiger partial charge in [-0.05, 0) is 13.3 Å². The number of hydrogen-bond acceptors (Lipinski definition) is 4. The molecule has 1 aromatic rings. The molecule has 16 heavy (non-hydrogen) atoms. The van der Waals surface area contributed by atoms with Gasteiger partial charge in [-0.25, -0.2) is 4.98 Å². The zero-order chi connectivity index (χ0) is 12.1. The van der Waals surface area contributed by atoms with E-state index < -0.39 is 0 Å². The van der Waals surface area contributed by atoms with Crippen LogP contribution >= 0.6 is 11.3 Å². The third kappa shape index (κ3) is 3.57. The van der Waals surface area contributed by atoms with Crippen molar-refractivity contribution >= 4 is 17.2 Å². The van der Waals surface area contributed by atoms with E-state index in [-0.39, 0.29) is 11.9 Å². The Kier molecular flexibility index (Phi) is 4.89. The summed E-state index contributed by atoms with van der Waals surface area (Å²) < 4.78 is 0. The fourth-order valence-corrected chi connectivity index (χ4v) is 2.36. The first-order chi connectivity index (χ1) is 7.54. The van der Waals surface area contributed by atoms with Gasteiger partial charge in [-0.2, -0.15) is 0 Å². The first kappa shape index (κ1) is 13.1. The van der Waals surface area contributed by atoms with E-state index in [1.807, 2.05) is 20.0 Å². The summed E-state index contributed by atoms with van der Waals surface area (Å²) in [5.74, 6) is 0.00732. The van der Waals surface area contributed by atoms with Gasteiger partial charge in [-0.1, -0.05) is 13.3 Å². The van der Waals surface area contributed by atoms with E-state index in [4.69, 9.17) is 5.73 Å². The molecule has 2 N–H and O–H groups in total. The molecule has 1 atom stereocenters. The first-order valence-electron chi connectivity index (χ1n) is 5.46. The molecule has 5 heteroatoms. The van der Waals surface area contributed by atoms with Crippen LogP contribution in [0.15, 0.2) is 6.20 Å². The first-order valence-corrected chi connectivity index (χ1v) is 6.28. The van der Waals surface area contributed by atoms with Gasteiger partial charge in [-0.15, -0.1) is 11.3 Å². The highest BCUT2D eigenvalue weighted by molar-refractivity contribution is 7.11. The summed E-state index contributed by atoms with van der Waals surface area (Å²) in [4.78, 5) is 18.8. The third-order valence-electron chi connectivity index (χ3n) is 2.36. The normalized spacial score (nSPS) is 12.5. The number of likely N-dealkylation sites (N-methyl/N-ethyl adjacent to an activating group) is 1. The van der Waals surface area contributed by atoms with Gasteiger partial charge < -0.3 is 10.6 Å². The van der Waals surface area contributed by atoms with E-state index in [1.54, 1.807) is 23.3 Å². The highest BCUT2D eigenvalue weighted by atomic mass is 32.1. The summed E-state index contributed by atoms with van der Waals surface area (Å²) >= 11 is 1.61. The number of thiazole rings is 1. The van der Waals surface area contributed by atoms with E-state index in [1.165, 1.54) is 0 Å². The minimum absolute atomic E-state index is 0.00732. The van der Waals surface area contributed by atoms with Gasteiger partial charge in [0.15, 0.2) is 0 Å². The molecule has 0 aliphatic heterocycles. The lowest BCUT2D eigenvalue weighted by molar-refractivity contribution is -0.131. The molecule has 0 spiro atoms. The maximum absolute atomic E-state index is 11.8. The van der Waals surface area contributed by atoms with Gasteiger partial charge in [0.25, 0.3) is 0 Å².